The first-order chi connectivity index (χ1) is 19.1. The van der Waals surface area contributed by atoms with E-state index in [4.69, 9.17) is 29.2 Å². The maximum Gasteiger partial charge on any atom is 0.490 e. The monoisotopic (exact) mass is 588 g/mol. The molecule has 5 heterocycles. The third-order valence-electron chi connectivity index (χ3n) is 6.08. The Morgan fingerprint density at radius 3 is 2.10 bits per heavy atom. The quantitative estimate of drug-likeness (QED) is 0.433. The predicted octanol–water partition coefficient (Wildman–Crippen LogP) is 4.14. The SMILES string of the molecule is O=C(O)C(F)(F)F.O=C(O)C(F)(F)F.O=C(c1ccco1)N1CCC2(C1)CN(Cc1cccnc1)c1cccnc12. The van der Waals surface area contributed by atoms with Crippen LogP contribution in [-0.4, -0.2) is 74.9 Å². The van der Waals surface area contributed by atoms with Gasteiger partial charge in [0.05, 0.1) is 23.1 Å². The number of carboxylic acid groups (broad SMARTS) is 2. The van der Waals surface area contributed by atoms with Gasteiger partial charge in [0.2, 0.25) is 0 Å². The maximum atomic E-state index is 12.7. The van der Waals surface area contributed by atoms with Crippen molar-refractivity contribution in [1.29, 1.82) is 0 Å². The Morgan fingerprint density at radius 2 is 1.56 bits per heavy atom. The lowest BCUT2D eigenvalue weighted by Crippen LogP contribution is -2.38. The molecule has 5 rings (SSSR count). The topological polar surface area (TPSA) is 137 Å². The van der Waals surface area contributed by atoms with Crippen LogP contribution >= 0.6 is 0 Å². The summed E-state index contributed by atoms with van der Waals surface area (Å²) in [5, 5.41) is 14.2. The number of carbonyl (C=O) groups excluding carboxylic acids is 1. The van der Waals surface area contributed by atoms with Crippen LogP contribution in [0.2, 0.25) is 0 Å². The molecule has 2 aliphatic heterocycles. The van der Waals surface area contributed by atoms with Crippen LogP contribution in [0.1, 0.15) is 28.2 Å². The Labute approximate surface area is 227 Å². The minimum atomic E-state index is -5.08. The standard InChI is InChI=1S/C21H20N4O2.2C2HF3O2/c26-20(18-6-3-11-27-18)24-10-7-21(14-24)15-25(13-16-4-1-8-22-12-16)17-5-2-9-23-19(17)21;2*3-2(4,5)1(6)7/h1-6,8-9,11-12H,7,10,13-15H2;2*(H,6,7). The zero-order valence-corrected chi connectivity index (χ0v) is 20.9. The molecule has 1 spiro atoms. The molecule has 1 amide bonds. The van der Waals surface area contributed by atoms with Crippen LogP contribution in [0.25, 0.3) is 0 Å². The van der Waals surface area contributed by atoms with Crippen molar-refractivity contribution >= 4 is 23.5 Å². The molecule has 3 aromatic rings. The normalized spacial score (nSPS) is 17.7. The van der Waals surface area contributed by atoms with Gasteiger partial charge < -0.3 is 24.4 Å². The van der Waals surface area contributed by atoms with Crippen molar-refractivity contribution in [1.82, 2.24) is 14.9 Å². The second kappa shape index (κ2) is 12.3. The number of hydrogen-bond donors (Lipinski definition) is 2. The lowest BCUT2D eigenvalue weighted by Gasteiger charge is -2.25. The van der Waals surface area contributed by atoms with E-state index >= 15 is 0 Å². The van der Waals surface area contributed by atoms with E-state index in [1.165, 1.54) is 5.56 Å². The number of amides is 1. The number of nitrogens with zero attached hydrogens (tertiary/aromatic N) is 4. The number of fused-ring (bicyclic) bond motifs is 2. The van der Waals surface area contributed by atoms with Gasteiger partial charge in [0, 0.05) is 44.8 Å². The number of carboxylic acids is 2. The summed E-state index contributed by atoms with van der Waals surface area (Å²) in [5.41, 5.74) is 3.31. The smallest absolute Gasteiger partial charge is 0.475 e. The number of halogens is 6. The molecule has 1 fully saturated rings. The fraction of sp³-hybridized carbons (Fsp3) is 0.320. The molecule has 1 saturated heterocycles. The molecule has 16 heteroatoms. The van der Waals surface area contributed by atoms with Gasteiger partial charge in [-0.1, -0.05) is 6.07 Å². The van der Waals surface area contributed by atoms with Crippen LogP contribution < -0.4 is 4.90 Å². The van der Waals surface area contributed by atoms with E-state index in [2.05, 4.69) is 22.0 Å². The number of pyridine rings is 2. The summed E-state index contributed by atoms with van der Waals surface area (Å²) in [6, 6.07) is 11.6. The molecule has 2 aliphatic rings. The lowest BCUT2D eigenvalue weighted by molar-refractivity contribution is -0.193. The molecule has 10 nitrogen and oxygen atoms in total. The van der Waals surface area contributed by atoms with Crippen LogP contribution in [0.4, 0.5) is 32.0 Å². The maximum absolute atomic E-state index is 12.7. The molecule has 0 radical (unpaired) electrons. The molecule has 3 aromatic heterocycles. The molecule has 0 aliphatic carbocycles. The van der Waals surface area contributed by atoms with Crippen LogP contribution in [0.15, 0.2) is 65.7 Å². The van der Waals surface area contributed by atoms with Gasteiger partial charge in [-0.05, 0) is 42.3 Å². The Bertz CT molecular complexity index is 1330. The first-order valence-corrected chi connectivity index (χ1v) is 11.7. The highest BCUT2D eigenvalue weighted by Gasteiger charge is 2.49. The number of carbonyl (C=O) groups is 3. The molecule has 2 N–H and O–H groups in total. The number of hydrogen-bond acceptors (Lipinski definition) is 7. The summed E-state index contributed by atoms with van der Waals surface area (Å²) in [6.07, 6.45) is -2.17. The van der Waals surface area contributed by atoms with Gasteiger partial charge in [-0.3, -0.25) is 14.8 Å². The minimum absolute atomic E-state index is 0.0416. The van der Waals surface area contributed by atoms with Crippen molar-refractivity contribution < 1.29 is 55.4 Å². The van der Waals surface area contributed by atoms with Gasteiger partial charge in [-0.25, -0.2) is 9.59 Å². The van der Waals surface area contributed by atoms with Crippen molar-refractivity contribution in [3.63, 3.8) is 0 Å². The number of aliphatic carboxylic acids is 2. The van der Waals surface area contributed by atoms with E-state index < -0.39 is 24.3 Å². The molecule has 0 bridgehead atoms. The first kappa shape index (κ1) is 30.9. The lowest BCUT2D eigenvalue weighted by atomic mass is 9.85. The minimum Gasteiger partial charge on any atom is -0.475 e. The number of furan rings is 1. The van der Waals surface area contributed by atoms with E-state index in [-0.39, 0.29) is 11.3 Å². The molecule has 0 saturated carbocycles. The highest BCUT2D eigenvalue weighted by atomic mass is 19.4. The van der Waals surface area contributed by atoms with Crippen molar-refractivity contribution in [3.05, 3.63) is 78.3 Å². The van der Waals surface area contributed by atoms with E-state index in [9.17, 15) is 31.1 Å². The third-order valence-corrected chi connectivity index (χ3v) is 6.08. The zero-order valence-electron chi connectivity index (χ0n) is 20.9. The third kappa shape index (κ3) is 7.73. The summed E-state index contributed by atoms with van der Waals surface area (Å²) >= 11 is 0. The Hall–Kier alpha value is -4.63. The van der Waals surface area contributed by atoms with Crippen molar-refractivity contribution in [2.75, 3.05) is 24.5 Å². The largest absolute Gasteiger partial charge is 0.490 e. The Kier molecular flexibility index (Phi) is 9.24. The number of alkyl halides is 6. The van der Waals surface area contributed by atoms with Gasteiger partial charge in [0.25, 0.3) is 5.91 Å². The summed E-state index contributed by atoms with van der Waals surface area (Å²) in [5.74, 6) is -5.15. The van der Waals surface area contributed by atoms with Crippen molar-refractivity contribution in [3.8, 4) is 0 Å². The Balaban J connectivity index is 0.000000276. The molecule has 0 aromatic carbocycles. The fourth-order valence-corrected chi connectivity index (χ4v) is 4.36. The van der Waals surface area contributed by atoms with Crippen molar-refractivity contribution in [2.45, 2.75) is 30.7 Å². The zero-order chi connectivity index (χ0) is 30.4. The number of aromatic nitrogens is 2. The van der Waals surface area contributed by atoms with Gasteiger partial charge in [-0.2, -0.15) is 26.3 Å². The molecule has 1 unspecified atom stereocenters. The van der Waals surface area contributed by atoms with Crippen LogP contribution in [0, 0.1) is 0 Å². The van der Waals surface area contributed by atoms with Crippen LogP contribution in [-0.2, 0) is 21.5 Å². The molecule has 220 valence electrons. The second-order valence-corrected chi connectivity index (χ2v) is 8.93. The summed E-state index contributed by atoms with van der Waals surface area (Å²) in [7, 11) is 0. The van der Waals surface area contributed by atoms with Gasteiger partial charge in [-0.15, -0.1) is 0 Å². The average molecular weight is 588 g/mol. The molecule has 41 heavy (non-hydrogen) atoms. The molecular formula is C25H22F6N4O6. The number of rotatable bonds is 3. The van der Waals surface area contributed by atoms with Gasteiger partial charge >= 0.3 is 24.3 Å². The van der Waals surface area contributed by atoms with E-state index in [1.54, 1.807) is 24.6 Å². The molecule has 1 atom stereocenters. The first-order valence-electron chi connectivity index (χ1n) is 11.7. The summed E-state index contributed by atoms with van der Waals surface area (Å²) in [4.78, 5) is 43.7. The summed E-state index contributed by atoms with van der Waals surface area (Å²) in [6.45, 7) is 3.03. The predicted molar refractivity (Wildman–Crippen MR) is 128 cm³/mol. The highest BCUT2D eigenvalue weighted by Crippen LogP contribution is 2.45. The summed E-state index contributed by atoms with van der Waals surface area (Å²) < 4.78 is 68.8. The molecular weight excluding hydrogens is 566 g/mol. The van der Waals surface area contributed by atoms with Gasteiger partial charge in [0.1, 0.15) is 0 Å². The fourth-order valence-electron chi connectivity index (χ4n) is 4.36. The number of likely N-dealkylation sites (tertiary alicyclic amines) is 1. The van der Waals surface area contributed by atoms with E-state index in [1.807, 2.05) is 29.4 Å². The highest BCUT2D eigenvalue weighted by molar-refractivity contribution is 5.92. The van der Waals surface area contributed by atoms with E-state index in [0.717, 1.165) is 37.4 Å². The number of anilines is 1. The van der Waals surface area contributed by atoms with E-state index in [0.29, 0.717) is 12.3 Å². The van der Waals surface area contributed by atoms with Crippen LogP contribution in [0.3, 0.4) is 0 Å². The van der Waals surface area contributed by atoms with Crippen LogP contribution in [0.5, 0.6) is 0 Å². The average Bonchev–Trinajstić information content (AvgIpc) is 3.65. The van der Waals surface area contributed by atoms with Gasteiger partial charge in [0.15, 0.2) is 5.76 Å². The van der Waals surface area contributed by atoms with Crippen molar-refractivity contribution in [2.24, 2.45) is 0 Å². The Morgan fingerprint density at radius 1 is 0.927 bits per heavy atom. The second-order valence-electron chi connectivity index (χ2n) is 8.93.